The van der Waals surface area contributed by atoms with Crippen LogP contribution >= 0.6 is 0 Å². The summed E-state index contributed by atoms with van der Waals surface area (Å²) in [4.78, 5) is 30.5. The average molecular weight is 351 g/mol. The van der Waals surface area contributed by atoms with Gasteiger partial charge in [-0.3, -0.25) is 4.79 Å². The second kappa shape index (κ2) is 7.40. The van der Waals surface area contributed by atoms with E-state index in [9.17, 15) is 4.79 Å². The molecule has 1 amide bonds. The maximum atomic E-state index is 13.1. The number of hydrogen-bond donors (Lipinski definition) is 0. The van der Waals surface area contributed by atoms with Crippen LogP contribution in [0.15, 0.2) is 30.6 Å². The van der Waals surface area contributed by atoms with Gasteiger partial charge < -0.3 is 9.80 Å². The zero-order chi connectivity index (χ0) is 17.9. The van der Waals surface area contributed by atoms with Crippen molar-refractivity contribution in [1.82, 2.24) is 19.9 Å². The van der Waals surface area contributed by atoms with E-state index in [4.69, 9.17) is 0 Å². The second-order valence-electron chi connectivity index (χ2n) is 7.22. The summed E-state index contributed by atoms with van der Waals surface area (Å²) in [7, 11) is 0. The van der Waals surface area contributed by atoms with Crippen molar-refractivity contribution in [3.05, 3.63) is 47.7 Å². The third kappa shape index (κ3) is 3.54. The van der Waals surface area contributed by atoms with Crippen molar-refractivity contribution in [2.45, 2.75) is 38.5 Å². The van der Waals surface area contributed by atoms with Crippen LogP contribution in [0.3, 0.4) is 0 Å². The fourth-order valence-corrected chi connectivity index (χ4v) is 3.96. The van der Waals surface area contributed by atoms with E-state index in [0.717, 1.165) is 61.9 Å². The van der Waals surface area contributed by atoms with E-state index in [0.29, 0.717) is 0 Å². The van der Waals surface area contributed by atoms with Crippen LogP contribution in [0.1, 0.15) is 53.5 Å². The molecule has 136 valence electrons. The van der Waals surface area contributed by atoms with Crippen LogP contribution in [0.4, 0.5) is 5.82 Å². The Morgan fingerprint density at radius 2 is 1.88 bits per heavy atom. The summed E-state index contributed by atoms with van der Waals surface area (Å²) in [6.07, 6.45) is 8.04. The van der Waals surface area contributed by atoms with Crippen LogP contribution in [0.5, 0.6) is 0 Å². The third-order valence-electron chi connectivity index (χ3n) is 5.35. The molecule has 26 heavy (non-hydrogen) atoms. The first-order valence-electron chi connectivity index (χ1n) is 9.50. The standard InChI is InChI=1S/C20H25N5O/c1-15-21-9-7-18(23-15)17-5-4-12-25(14-17)20(26)16-6-8-22-19(13-16)24-10-2-3-11-24/h6-9,13,17H,2-5,10-12,14H2,1H3. The lowest BCUT2D eigenvalue weighted by atomic mass is 9.94. The fraction of sp³-hybridized carbons (Fsp3) is 0.500. The quantitative estimate of drug-likeness (QED) is 0.851. The number of aromatic nitrogens is 3. The fourth-order valence-electron chi connectivity index (χ4n) is 3.96. The smallest absolute Gasteiger partial charge is 0.254 e. The van der Waals surface area contributed by atoms with Gasteiger partial charge in [-0.2, -0.15) is 0 Å². The molecule has 1 atom stereocenters. The molecule has 0 N–H and O–H groups in total. The maximum absolute atomic E-state index is 13.1. The van der Waals surface area contributed by atoms with Crippen molar-refractivity contribution in [2.24, 2.45) is 0 Å². The molecule has 0 spiro atoms. The van der Waals surface area contributed by atoms with Crippen LogP contribution < -0.4 is 4.90 Å². The molecule has 1 unspecified atom stereocenters. The molecule has 2 saturated heterocycles. The van der Waals surface area contributed by atoms with Crippen molar-refractivity contribution in [3.63, 3.8) is 0 Å². The second-order valence-corrected chi connectivity index (χ2v) is 7.22. The highest BCUT2D eigenvalue weighted by Crippen LogP contribution is 2.27. The van der Waals surface area contributed by atoms with Gasteiger partial charge >= 0.3 is 0 Å². The summed E-state index contributed by atoms with van der Waals surface area (Å²) in [6.45, 7) is 5.50. The first kappa shape index (κ1) is 16.9. The van der Waals surface area contributed by atoms with E-state index < -0.39 is 0 Å². The lowest BCUT2D eigenvalue weighted by Gasteiger charge is -2.32. The number of amides is 1. The monoisotopic (exact) mass is 351 g/mol. The van der Waals surface area contributed by atoms with Gasteiger partial charge in [0.25, 0.3) is 5.91 Å². The van der Waals surface area contributed by atoms with Gasteiger partial charge in [0.1, 0.15) is 11.6 Å². The maximum Gasteiger partial charge on any atom is 0.254 e. The lowest BCUT2D eigenvalue weighted by Crippen LogP contribution is -2.39. The minimum Gasteiger partial charge on any atom is -0.357 e. The third-order valence-corrected chi connectivity index (χ3v) is 5.35. The van der Waals surface area contributed by atoms with E-state index in [1.54, 1.807) is 6.20 Å². The Bertz CT molecular complexity index is 787. The molecule has 4 heterocycles. The van der Waals surface area contributed by atoms with Gasteiger partial charge in [-0.1, -0.05) is 0 Å². The number of carbonyl (C=O) groups is 1. The summed E-state index contributed by atoms with van der Waals surface area (Å²) < 4.78 is 0. The molecule has 2 aliphatic rings. The normalized spacial score (nSPS) is 20.4. The van der Waals surface area contributed by atoms with Gasteiger partial charge in [0.2, 0.25) is 0 Å². The molecule has 0 saturated carbocycles. The first-order valence-corrected chi connectivity index (χ1v) is 9.50. The van der Waals surface area contributed by atoms with E-state index in [2.05, 4.69) is 19.9 Å². The van der Waals surface area contributed by atoms with Crippen LogP contribution in [0.25, 0.3) is 0 Å². The number of rotatable bonds is 3. The van der Waals surface area contributed by atoms with E-state index in [1.165, 1.54) is 12.8 Å². The van der Waals surface area contributed by atoms with Gasteiger partial charge in [-0.05, 0) is 50.8 Å². The van der Waals surface area contributed by atoms with Crippen molar-refractivity contribution in [2.75, 3.05) is 31.1 Å². The summed E-state index contributed by atoms with van der Waals surface area (Å²) in [5.41, 5.74) is 1.78. The molecule has 0 aliphatic carbocycles. The number of pyridine rings is 1. The van der Waals surface area contributed by atoms with Gasteiger partial charge in [0.05, 0.1) is 0 Å². The molecule has 6 heteroatoms. The predicted molar refractivity (Wildman–Crippen MR) is 100 cm³/mol. The highest BCUT2D eigenvalue weighted by atomic mass is 16.2. The number of piperidine rings is 1. The molecule has 2 aromatic heterocycles. The van der Waals surface area contributed by atoms with E-state index >= 15 is 0 Å². The van der Waals surface area contributed by atoms with Crippen molar-refractivity contribution in [3.8, 4) is 0 Å². The van der Waals surface area contributed by atoms with Crippen LogP contribution in [-0.2, 0) is 0 Å². The minimum atomic E-state index is 0.100. The van der Waals surface area contributed by atoms with Gasteiger partial charge in [0, 0.05) is 55.7 Å². The first-order chi connectivity index (χ1) is 12.7. The SMILES string of the molecule is Cc1nccc(C2CCCN(C(=O)c3ccnc(N4CCCC4)c3)C2)n1. The topological polar surface area (TPSA) is 62.2 Å². The number of nitrogens with zero attached hydrogens (tertiary/aromatic N) is 5. The highest BCUT2D eigenvalue weighted by Gasteiger charge is 2.27. The number of anilines is 1. The van der Waals surface area contributed by atoms with E-state index in [-0.39, 0.29) is 11.8 Å². The molecular weight excluding hydrogens is 326 g/mol. The molecule has 2 aromatic rings. The van der Waals surface area contributed by atoms with Crippen molar-refractivity contribution < 1.29 is 4.79 Å². The summed E-state index contributed by atoms with van der Waals surface area (Å²) in [5.74, 6) is 2.10. The Balaban J connectivity index is 1.50. The zero-order valence-electron chi connectivity index (χ0n) is 15.3. The van der Waals surface area contributed by atoms with Gasteiger partial charge in [-0.15, -0.1) is 0 Å². The number of carbonyl (C=O) groups excluding carboxylic acids is 1. The zero-order valence-corrected chi connectivity index (χ0v) is 15.3. The average Bonchev–Trinajstić information content (AvgIpc) is 3.22. The Labute approximate surface area is 154 Å². The van der Waals surface area contributed by atoms with Crippen LogP contribution in [-0.4, -0.2) is 51.9 Å². The Morgan fingerprint density at radius 3 is 2.69 bits per heavy atom. The molecular formula is C20H25N5O. The summed E-state index contributed by atoms with van der Waals surface area (Å²) in [6, 6.07) is 5.76. The largest absolute Gasteiger partial charge is 0.357 e. The highest BCUT2D eigenvalue weighted by molar-refractivity contribution is 5.95. The number of aryl methyl sites for hydroxylation is 1. The van der Waals surface area contributed by atoms with Crippen LogP contribution in [0, 0.1) is 6.92 Å². The van der Waals surface area contributed by atoms with Gasteiger partial charge in [0.15, 0.2) is 0 Å². The van der Waals surface area contributed by atoms with Crippen molar-refractivity contribution in [1.29, 1.82) is 0 Å². The van der Waals surface area contributed by atoms with E-state index in [1.807, 2.05) is 36.2 Å². The Morgan fingerprint density at radius 1 is 1.08 bits per heavy atom. The summed E-state index contributed by atoms with van der Waals surface area (Å²) in [5, 5.41) is 0. The Kier molecular flexibility index (Phi) is 4.82. The molecule has 0 radical (unpaired) electrons. The minimum absolute atomic E-state index is 0.100. The van der Waals surface area contributed by atoms with Crippen LogP contribution in [0.2, 0.25) is 0 Å². The predicted octanol–water partition coefficient (Wildman–Crippen LogP) is 2.80. The molecule has 0 aromatic carbocycles. The molecule has 6 nitrogen and oxygen atoms in total. The molecule has 4 rings (SSSR count). The van der Waals surface area contributed by atoms with Gasteiger partial charge in [-0.25, -0.2) is 15.0 Å². The number of likely N-dealkylation sites (tertiary alicyclic amines) is 1. The van der Waals surface area contributed by atoms with Crippen molar-refractivity contribution >= 4 is 11.7 Å². The molecule has 2 fully saturated rings. The Hall–Kier alpha value is -2.50. The number of hydrogen-bond acceptors (Lipinski definition) is 5. The molecule has 0 bridgehead atoms. The molecule has 2 aliphatic heterocycles. The lowest BCUT2D eigenvalue weighted by molar-refractivity contribution is 0.0705. The summed E-state index contributed by atoms with van der Waals surface area (Å²) >= 11 is 0.